The van der Waals surface area contributed by atoms with Gasteiger partial charge in [0.2, 0.25) is 5.91 Å². The predicted octanol–water partition coefficient (Wildman–Crippen LogP) is 2.33. The number of ether oxygens (including phenoxy) is 1. The van der Waals surface area contributed by atoms with E-state index >= 15 is 0 Å². The van der Waals surface area contributed by atoms with Crippen LogP contribution in [-0.4, -0.2) is 37.7 Å². The number of hydrogen-bond donors (Lipinski definition) is 2. The zero-order valence-electron chi connectivity index (χ0n) is 14.3. The first-order valence-corrected chi connectivity index (χ1v) is 8.34. The molecular formula is C17H32N2O2. The Balaban J connectivity index is 1.95. The molecule has 1 saturated heterocycles. The van der Waals surface area contributed by atoms with E-state index in [-0.39, 0.29) is 17.9 Å². The average molecular weight is 296 g/mol. The Hall–Kier alpha value is -0.610. The molecule has 0 radical (unpaired) electrons. The lowest BCUT2D eigenvalue weighted by Gasteiger charge is -2.45. The average Bonchev–Trinajstić information content (AvgIpc) is 2.73. The molecule has 2 fully saturated rings. The molecule has 2 unspecified atom stereocenters. The summed E-state index contributed by atoms with van der Waals surface area (Å²) < 4.78 is 5.49. The van der Waals surface area contributed by atoms with Gasteiger partial charge in [-0.15, -0.1) is 0 Å². The van der Waals surface area contributed by atoms with E-state index in [0.717, 1.165) is 19.4 Å². The maximum Gasteiger partial charge on any atom is 0.227 e. The third-order valence-corrected chi connectivity index (χ3v) is 4.79. The Labute approximate surface area is 129 Å². The van der Waals surface area contributed by atoms with Gasteiger partial charge >= 0.3 is 0 Å². The quantitative estimate of drug-likeness (QED) is 0.837. The van der Waals surface area contributed by atoms with Crippen LogP contribution >= 0.6 is 0 Å². The fourth-order valence-electron chi connectivity index (χ4n) is 4.53. The van der Waals surface area contributed by atoms with E-state index in [1.807, 2.05) is 0 Å². The Morgan fingerprint density at radius 3 is 2.33 bits per heavy atom. The maximum atomic E-state index is 12.6. The summed E-state index contributed by atoms with van der Waals surface area (Å²) in [6.07, 6.45) is 3.36. The summed E-state index contributed by atoms with van der Waals surface area (Å²) >= 11 is 0. The second-order valence-electron chi connectivity index (χ2n) is 8.43. The van der Waals surface area contributed by atoms with Crippen molar-refractivity contribution < 1.29 is 9.53 Å². The van der Waals surface area contributed by atoms with Gasteiger partial charge in [0.15, 0.2) is 0 Å². The van der Waals surface area contributed by atoms with E-state index in [4.69, 9.17) is 4.74 Å². The molecule has 2 N–H and O–H groups in total. The summed E-state index contributed by atoms with van der Waals surface area (Å²) in [6, 6.07) is 0.457. The Kier molecular flexibility index (Phi) is 4.99. The van der Waals surface area contributed by atoms with Crippen LogP contribution < -0.4 is 10.6 Å². The SMILES string of the molecule is CCNC1COCC1C(=O)NC1CC(C)(C)CC(C)(C)C1. The Morgan fingerprint density at radius 2 is 1.76 bits per heavy atom. The van der Waals surface area contributed by atoms with Crippen molar-refractivity contribution in [2.45, 2.75) is 66.0 Å². The van der Waals surface area contributed by atoms with Crippen LogP contribution in [0.15, 0.2) is 0 Å². The van der Waals surface area contributed by atoms with Crippen molar-refractivity contribution in [2.24, 2.45) is 16.7 Å². The molecule has 1 amide bonds. The second kappa shape index (κ2) is 6.25. The van der Waals surface area contributed by atoms with Crippen LogP contribution in [0.1, 0.15) is 53.9 Å². The molecule has 1 aliphatic carbocycles. The van der Waals surface area contributed by atoms with E-state index in [1.54, 1.807) is 0 Å². The van der Waals surface area contributed by atoms with E-state index in [2.05, 4.69) is 45.3 Å². The minimum absolute atomic E-state index is 0.0434. The van der Waals surface area contributed by atoms with Crippen molar-refractivity contribution >= 4 is 5.91 Å². The number of hydrogen-bond acceptors (Lipinski definition) is 3. The lowest BCUT2D eigenvalue weighted by atomic mass is 9.63. The smallest absolute Gasteiger partial charge is 0.227 e. The maximum absolute atomic E-state index is 12.6. The predicted molar refractivity (Wildman–Crippen MR) is 85.1 cm³/mol. The summed E-state index contributed by atoms with van der Waals surface area (Å²) in [5.41, 5.74) is 0.597. The van der Waals surface area contributed by atoms with E-state index in [0.29, 0.717) is 30.1 Å². The van der Waals surface area contributed by atoms with E-state index in [9.17, 15) is 4.79 Å². The molecule has 0 bridgehead atoms. The Morgan fingerprint density at radius 1 is 1.14 bits per heavy atom. The monoisotopic (exact) mass is 296 g/mol. The lowest BCUT2D eigenvalue weighted by Crippen LogP contribution is -2.50. The highest BCUT2D eigenvalue weighted by Gasteiger charge is 2.41. The second-order valence-corrected chi connectivity index (χ2v) is 8.43. The van der Waals surface area contributed by atoms with E-state index in [1.165, 1.54) is 6.42 Å². The molecule has 122 valence electrons. The molecule has 1 aliphatic heterocycles. The van der Waals surface area contributed by atoms with Crippen molar-refractivity contribution in [3.8, 4) is 0 Å². The molecule has 4 heteroatoms. The number of rotatable bonds is 4. The third-order valence-electron chi connectivity index (χ3n) is 4.79. The molecule has 1 saturated carbocycles. The van der Waals surface area contributed by atoms with Crippen molar-refractivity contribution in [3.05, 3.63) is 0 Å². The van der Waals surface area contributed by atoms with Gasteiger partial charge in [-0.05, 0) is 36.6 Å². The molecule has 0 aromatic rings. The molecule has 0 aromatic carbocycles. The Bertz CT molecular complexity index is 363. The molecule has 1 heterocycles. The molecule has 0 spiro atoms. The van der Waals surface area contributed by atoms with Gasteiger partial charge in [-0.3, -0.25) is 4.79 Å². The van der Waals surface area contributed by atoms with E-state index < -0.39 is 0 Å². The molecule has 21 heavy (non-hydrogen) atoms. The number of carbonyl (C=O) groups is 1. The van der Waals surface area contributed by atoms with Gasteiger partial charge in [0.1, 0.15) is 0 Å². The van der Waals surface area contributed by atoms with Gasteiger partial charge in [-0.25, -0.2) is 0 Å². The standard InChI is InChI=1S/C17H32N2O2/c1-6-18-14-10-21-9-13(14)15(20)19-12-7-16(2,3)11-17(4,5)8-12/h12-14,18H,6-11H2,1-5H3,(H,19,20). The van der Waals surface area contributed by atoms with Gasteiger partial charge in [0.05, 0.1) is 19.1 Å². The highest BCUT2D eigenvalue weighted by atomic mass is 16.5. The van der Waals surface area contributed by atoms with Gasteiger partial charge in [0.25, 0.3) is 0 Å². The fourth-order valence-corrected chi connectivity index (χ4v) is 4.53. The minimum atomic E-state index is -0.0434. The van der Waals surface area contributed by atoms with Crippen molar-refractivity contribution in [1.29, 1.82) is 0 Å². The van der Waals surface area contributed by atoms with Crippen LogP contribution in [0.3, 0.4) is 0 Å². The highest BCUT2D eigenvalue weighted by molar-refractivity contribution is 5.80. The number of nitrogens with one attached hydrogen (secondary N) is 2. The number of carbonyl (C=O) groups excluding carboxylic acids is 1. The van der Waals surface area contributed by atoms with Crippen molar-refractivity contribution in [2.75, 3.05) is 19.8 Å². The molecule has 2 atom stereocenters. The first kappa shape index (κ1) is 16.8. The zero-order chi connectivity index (χ0) is 15.7. The number of amides is 1. The summed E-state index contributed by atoms with van der Waals surface area (Å²) in [5.74, 6) is 0.120. The third kappa shape index (κ3) is 4.43. The van der Waals surface area contributed by atoms with Gasteiger partial charge in [-0.2, -0.15) is 0 Å². The summed E-state index contributed by atoms with van der Waals surface area (Å²) in [4.78, 5) is 12.6. The first-order chi connectivity index (χ1) is 9.72. The number of likely N-dealkylation sites (N-methyl/N-ethyl adjacent to an activating group) is 1. The van der Waals surface area contributed by atoms with Crippen LogP contribution in [0, 0.1) is 16.7 Å². The van der Waals surface area contributed by atoms with Crippen LogP contribution in [0.25, 0.3) is 0 Å². The summed E-state index contributed by atoms with van der Waals surface area (Å²) in [5, 5.41) is 6.66. The largest absolute Gasteiger partial charge is 0.379 e. The van der Waals surface area contributed by atoms with Crippen LogP contribution in [0.2, 0.25) is 0 Å². The molecule has 4 nitrogen and oxygen atoms in total. The molecular weight excluding hydrogens is 264 g/mol. The fraction of sp³-hybridized carbons (Fsp3) is 0.941. The van der Waals surface area contributed by atoms with Crippen molar-refractivity contribution in [3.63, 3.8) is 0 Å². The zero-order valence-corrected chi connectivity index (χ0v) is 14.3. The van der Waals surface area contributed by atoms with Crippen LogP contribution in [0.5, 0.6) is 0 Å². The summed E-state index contributed by atoms with van der Waals surface area (Å²) in [6.45, 7) is 13.4. The van der Waals surface area contributed by atoms with Crippen molar-refractivity contribution in [1.82, 2.24) is 10.6 Å². The first-order valence-electron chi connectivity index (χ1n) is 8.34. The normalized spacial score (nSPS) is 32.0. The van der Waals surface area contributed by atoms with Gasteiger partial charge < -0.3 is 15.4 Å². The molecule has 0 aromatic heterocycles. The van der Waals surface area contributed by atoms with Crippen LogP contribution in [-0.2, 0) is 9.53 Å². The lowest BCUT2D eigenvalue weighted by molar-refractivity contribution is -0.127. The minimum Gasteiger partial charge on any atom is -0.379 e. The topological polar surface area (TPSA) is 50.4 Å². The van der Waals surface area contributed by atoms with Gasteiger partial charge in [-0.1, -0.05) is 34.6 Å². The molecule has 2 aliphatic rings. The summed E-state index contributed by atoms with van der Waals surface area (Å²) in [7, 11) is 0. The van der Waals surface area contributed by atoms with Crippen LogP contribution in [0.4, 0.5) is 0 Å². The van der Waals surface area contributed by atoms with Gasteiger partial charge in [0, 0.05) is 12.1 Å². The molecule has 2 rings (SSSR count). The highest BCUT2D eigenvalue weighted by Crippen LogP contribution is 2.45.